The van der Waals surface area contributed by atoms with Crippen LogP contribution in [-0.2, 0) is 6.54 Å². The van der Waals surface area contributed by atoms with Gasteiger partial charge in [-0.3, -0.25) is 0 Å². The highest BCUT2D eigenvalue weighted by Gasteiger charge is 2.08. The molecule has 0 fully saturated rings. The Morgan fingerprint density at radius 1 is 1.30 bits per heavy atom. The van der Waals surface area contributed by atoms with Gasteiger partial charge in [-0.25, -0.2) is 9.67 Å². The summed E-state index contributed by atoms with van der Waals surface area (Å²) < 4.78 is 6.85. The van der Waals surface area contributed by atoms with Crippen LogP contribution in [0, 0.1) is 13.8 Å². The van der Waals surface area contributed by atoms with Crippen molar-refractivity contribution in [3.8, 4) is 5.82 Å². The smallest absolute Gasteiger partial charge is 0.153 e. The number of hydrogen-bond donors (Lipinski definition) is 1. The summed E-state index contributed by atoms with van der Waals surface area (Å²) in [4.78, 5) is 4.36. The third-order valence-electron chi connectivity index (χ3n) is 3.14. The van der Waals surface area contributed by atoms with Crippen LogP contribution in [0.25, 0.3) is 5.82 Å². The van der Waals surface area contributed by atoms with Gasteiger partial charge in [0.05, 0.1) is 17.6 Å². The molecule has 0 aromatic carbocycles. The predicted octanol–water partition coefficient (Wildman–Crippen LogP) is 2.48. The largest absolute Gasteiger partial charge is 0.380 e. The number of nitrogens with one attached hydrogen (secondary N) is 1. The van der Waals surface area contributed by atoms with E-state index in [1.807, 2.05) is 38.2 Å². The van der Waals surface area contributed by atoms with E-state index in [0.717, 1.165) is 28.5 Å². The molecule has 0 atom stereocenters. The van der Waals surface area contributed by atoms with E-state index in [9.17, 15) is 0 Å². The molecular formula is C14H15N5O. The molecule has 0 amide bonds. The summed E-state index contributed by atoms with van der Waals surface area (Å²) in [7, 11) is 0. The molecule has 3 heterocycles. The summed E-state index contributed by atoms with van der Waals surface area (Å²) in [5.74, 6) is 1.63. The van der Waals surface area contributed by atoms with Gasteiger partial charge in [0.25, 0.3) is 0 Å². The molecule has 0 bridgehead atoms. The quantitative estimate of drug-likeness (QED) is 0.788. The van der Waals surface area contributed by atoms with Crippen LogP contribution in [0.15, 0.2) is 41.3 Å². The maximum atomic E-state index is 5.13. The van der Waals surface area contributed by atoms with Crippen molar-refractivity contribution in [3.63, 3.8) is 0 Å². The second-order valence-electron chi connectivity index (χ2n) is 4.51. The van der Waals surface area contributed by atoms with Gasteiger partial charge < -0.3 is 9.84 Å². The molecule has 6 heteroatoms. The lowest BCUT2D eigenvalue weighted by Crippen LogP contribution is -2.03. The van der Waals surface area contributed by atoms with Crippen molar-refractivity contribution in [1.82, 2.24) is 19.9 Å². The van der Waals surface area contributed by atoms with Crippen LogP contribution in [0.4, 0.5) is 5.69 Å². The Hall–Kier alpha value is -2.63. The van der Waals surface area contributed by atoms with Gasteiger partial charge in [0.15, 0.2) is 5.82 Å². The molecule has 0 saturated heterocycles. The third kappa shape index (κ3) is 2.40. The molecule has 102 valence electrons. The van der Waals surface area contributed by atoms with Gasteiger partial charge >= 0.3 is 0 Å². The fourth-order valence-corrected chi connectivity index (χ4v) is 1.98. The molecular weight excluding hydrogens is 254 g/mol. The number of pyridine rings is 1. The Morgan fingerprint density at radius 3 is 2.80 bits per heavy atom. The zero-order valence-electron chi connectivity index (χ0n) is 11.4. The average molecular weight is 269 g/mol. The topological polar surface area (TPSA) is 68.8 Å². The first-order valence-corrected chi connectivity index (χ1v) is 6.36. The van der Waals surface area contributed by atoms with Crippen molar-refractivity contribution in [2.45, 2.75) is 20.4 Å². The van der Waals surface area contributed by atoms with E-state index in [4.69, 9.17) is 4.52 Å². The van der Waals surface area contributed by atoms with Gasteiger partial charge in [-0.05, 0) is 32.0 Å². The van der Waals surface area contributed by atoms with Crippen LogP contribution in [0.2, 0.25) is 0 Å². The van der Waals surface area contributed by atoms with E-state index >= 15 is 0 Å². The molecule has 0 radical (unpaired) electrons. The first-order valence-electron chi connectivity index (χ1n) is 6.36. The second-order valence-corrected chi connectivity index (χ2v) is 4.51. The van der Waals surface area contributed by atoms with Crippen molar-refractivity contribution in [2.75, 3.05) is 5.32 Å². The monoisotopic (exact) mass is 269 g/mol. The van der Waals surface area contributed by atoms with Crippen LogP contribution < -0.4 is 5.32 Å². The zero-order chi connectivity index (χ0) is 13.9. The number of anilines is 1. The van der Waals surface area contributed by atoms with Gasteiger partial charge in [0, 0.05) is 24.5 Å². The van der Waals surface area contributed by atoms with Crippen LogP contribution in [0.1, 0.15) is 17.0 Å². The highest BCUT2D eigenvalue weighted by atomic mass is 16.5. The molecule has 6 nitrogen and oxygen atoms in total. The fourth-order valence-electron chi connectivity index (χ4n) is 1.98. The normalized spacial score (nSPS) is 10.7. The Balaban J connectivity index is 1.70. The van der Waals surface area contributed by atoms with E-state index in [-0.39, 0.29) is 0 Å². The van der Waals surface area contributed by atoms with E-state index in [1.165, 1.54) is 0 Å². The van der Waals surface area contributed by atoms with E-state index < -0.39 is 0 Å². The maximum absolute atomic E-state index is 5.13. The summed E-state index contributed by atoms with van der Waals surface area (Å²) in [6, 6.07) is 5.76. The van der Waals surface area contributed by atoms with E-state index in [1.54, 1.807) is 17.1 Å². The first-order chi connectivity index (χ1) is 9.74. The van der Waals surface area contributed by atoms with Crippen molar-refractivity contribution >= 4 is 5.69 Å². The molecule has 0 aliphatic heterocycles. The molecule has 0 aliphatic rings. The lowest BCUT2D eigenvalue weighted by atomic mass is 10.2. The molecule has 1 N–H and O–H groups in total. The summed E-state index contributed by atoms with van der Waals surface area (Å²) in [6.45, 7) is 4.52. The number of rotatable bonds is 4. The minimum Gasteiger partial charge on any atom is -0.380 e. The molecule has 0 saturated carbocycles. The summed E-state index contributed by atoms with van der Waals surface area (Å²) >= 11 is 0. The third-order valence-corrected chi connectivity index (χ3v) is 3.14. The summed E-state index contributed by atoms with van der Waals surface area (Å²) in [5.41, 5.74) is 2.94. The highest BCUT2D eigenvalue weighted by molar-refractivity contribution is 5.44. The molecule has 3 rings (SSSR count). The van der Waals surface area contributed by atoms with Crippen molar-refractivity contribution in [1.29, 1.82) is 0 Å². The number of aromatic nitrogens is 4. The predicted molar refractivity (Wildman–Crippen MR) is 74.7 cm³/mol. The Labute approximate surface area is 116 Å². The average Bonchev–Trinajstić information content (AvgIpc) is 3.09. The minimum absolute atomic E-state index is 0.671. The summed E-state index contributed by atoms with van der Waals surface area (Å²) in [6.07, 6.45) is 5.37. The SMILES string of the molecule is Cc1noc(C)c1CNc1ccc(-n2cccn2)nc1. The number of aryl methyl sites for hydroxylation is 2. The standard InChI is InChI=1S/C14H15N5O/c1-10-13(11(2)20-18-10)9-15-12-4-5-14(16-8-12)19-7-3-6-17-19/h3-8,15H,9H2,1-2H3. The second kappa shape index (κ2) is 5.16. The number of hydrogen-bond acceptors (Lipinski definition) is 5. The van der Waals surface area contributed by atoms with Crippen LogP contribution in [0.5, 0.6) is 0 Å². The first kappa shape index (κ1) is 12.4. The molecule has 0 unspecified atom stereocenters. The number of nitrogens with zero attached hydrogens (tertiary/aromatic N) is 4. The van der Waals surface area contributed by atoms with Gasteiger partial charge in [0.1, 0.15) is 5.76 Å². The van der Waals surface area contributed by atoms with Crippen LogP contribution in [-0.4, -0.2) is 19.9 Å². The fraction of sp³-hybridized carbons (Fsp3) is 0.214. The molecule has 20 heavy (non-hydrogen) atoms. The Morgan fingerprint density at radius 2 is 2.20 bits per heavy atom. The lowest BCUT2D eigenvalue weighted by molar-refractivity contribution is 0.392. The molecule has 3 aromatic rings. The Bertz CT molecular complexity index is 665. The van der Waals surface area contributed by atoms with Gasteiger partial charge in [-0.2, -0.15) is 5.10 Å². The van der Waals surface area contributed by atoms with Gasteiger partial charge in [0.2, 0.25) is 0 Å². The van der Waals surface area contributed by atoms with Gasteiger partial charge in [-0.1, -0.05) is 5.16 Å². The Kier molecular flexibility index (Phi) is 3.20. The lowest BCUT2D eigenvalue weighted by Gasteiger charge is -2.06. The van der Waals surface area contributed by atoms with Crippen molar-refractivity contribution in [3.05, 3.63) is 53.8 Å². The molecule has 0 aliphatic carbocycles. The van der Waals surface area contributed by atoms with E-state index in [2.05, 4.69) is 20.6 Å². The molecule has 0 spiro atoms. The van der Waals surface area contributed by atoms with Crippen LogP contribution in [0.3, 0.4) is 0 Å². The maximum Gasteiger partial charge on any atom is 0.153 e. The van der Waals surface area contributed by atoms with E-state index in [0.29, 0.717) is 6.54 Å². The zero-order valence-corrected chi connectivity index (χ0v) is 11.4. The molecule has 3 aromatic heterocycles. The van der Waals surface area contributed by atoms with Crippen LogP contribution >= 0.6 is 0 Å². The minimum atomic E-state index is 0.671. The van der Waals surface area contributed by atoms with Crippen molar-refractivity contribution in [2.24, 2.45) is 0 Å². The van der Waals surface area contributed by atoms with Gasteiger partial charge in [-0.15, -0.1) is 0 Å². The highest BCUT2D eigenvalue weighted by Crippen LogP contribution is 2.15. The summed E-state index contributed by atoms with van der Waals surface area (Å²) in [5, 5.41) is 11.4. The van der Waals surface area contributed by atoms with Crippen molar-refractivity contribution < 1.29 is 4.52 Å².